The molecule has 3 rings (SSSR count). The Labute approximate surface area is 126 Å². The summed E-state index contributed by atoms with van der Waals surface area (Å²) in [6, 6.07) is 12.7. The van der Waals surface area contributed by atoms with Gasteiger partial charge in [-0.25, -0.2) is 0 Å². The smallest absolute Gasteiger partial charge is 0.121 e. The van der Waals surface area contributed by atoms with E-state index in [1.807, 2.05) is 13.8 Å². The molecule has 21 heavy (non-hydrogen) atoms. The highest BCUT2D eigenvalue weighted by Crippen LogP contribution is 2.33. The van der Waals surface area contributed by atoms with Crippen molar-refractivity contribution in [3.05, 3.63) is 53.1 Å². The number of benzene rings is 2. The summed E-state index contributed by atoms with van der Waals surface area (Å²) >= 11 is 0. The lowest BCUT2D eigenvalue weighted by Crippen LogP contribution is -2.38. The Kier molecular flexibility index (Phi) is 3.50. The molecule has 0 saturated carbocycles. The molecule has 110 valence electrons. The third kappa shape index (κ3) is 2.56. The van der Waals surface area contributed by atoms with Gasteiger partial charge in [-0.3, -0.25) is 0 Å². The number of hydrogen-bond acceptors (Lipinski definition) is 3. The van der Waals surface area contributed by atoms with E-state index in [2.05, 4.69) is 53.2 Å². The summed E-state index contributed by atoms with van der Waals surface area (Å²) in [7, 11) is 2.14. The predicted molar refractivity (Wildman–Crippen MR) is 88.3 cm³/mol. The van der Waals surface area contributed by atoms with Crippen LogP contribution in [0.15, 0.2) is 36.4 Å². The van der Waals surface area contributed by atoms with E-state index in [1.165, 1.54) is 16.9 Å². The molecule has 3 nitrogen and oxygen atoms in total. The molecular weight excluding hydrogens is 260 g/mol. The fourth-order valence-electron chi connectivity index (χ4n) is 3.09. The minimum Gasteiger partial charge on any atom is -0.507 e. The molecule has 3 heteroatoms. The molecule has 0 aromatic heterocycles. The number of aromatic hydroxyl groups is 1. The van der Waals surface area contributed by atoms with E-state index in [4.69, 9.17) is 0 Å². The van der Waals surface area contributed by atoms with E-state index in [9.17, 15) is 5.11 Å². The summed E-state index contributed by atoms with van der Waals surface area (Å²) in [6.07, 6.45) is 0. The van der Waals surface area contributed by atoms with Crippen molar-refractivity contribution in [2.24, 2.45) is 0 Å². The highest BCUT2D eigenvalue weighted by molar-refractivity contribution is 5.73. The van der Waals surface area contributed by atoms with Crippen LogP contribution in [0.3, 0.4) is 0 Å². The van der Waals surface area contributed by atoms with E-state index >= 15 is 0 Å². The van der Waals surface area contributed by atoms with Crippen molar-refractivity contribution in [1.82, 2.24) is 0 Å². The summed E-state index contributed by atoms with van der Waals surface area (Å²) in [4.78, 5) is 4.72. The van der Waals surface area contributed by atoms with Crippen LogP contribution in [-0.4, -0.2) is 25.2 Å². The van der Waals surface area contributed by atoms with Crippen molar-refractivity contribution in [3.63, 3.8) is 0 Å². The van der Waals surface area contributed by atoms with Gasteiger partial charge in [0.05, 0.1) is 11.4 Å². The lowest BCUT2D eigenvalue weighted by atomic mass is 10.0. The van der Waals surface area contributed by atoms with Gasteiger partial charge in [0.25, 0.3) is 0 Å². The minimum atomic E-state index is 0.414. The Morgan fingerprint density at radius 3 is 2.29 bits per heavy atom. The zero-order valence-corrected chi connectivity index (χ0v) is 12.9. The Hall–Kier alpha value is -2.16. The topological polar surface area (TPSA) is 26.7 Å². The zero-order valence-electron chi connectivity index (χ0n) is 12.9. The molecule has 1 N–H and O–H groups in total. The lowest BCUT2D eigenvalue weighted by molar-refractivity contribution is 0.466. The van der Waals surface area contributed by atoms with E-state index in [0.717, 1.165) is 30.8 Å². The van der Waals surface area contributed by atoms with Gasteiger partial charge in [-0.2, -0.15) is 0 Å². The summed E-state index contributed by atoms with van der Waals surface area (Å²) in [6.45, 7) is 6.86. The molecule has 0 saturated heterocycles. The molecular formula is C18H22N2O. The van der Waals surface area contributed by atoms with Crippen molar-refractivity contribution in [3.8, 4) is 5.75 Å². The maximum absolute atomic E-state index is 9.91. The molecule has 0 unspecified atom stereocenters. The Balaban J connectivity index is 1.91. The number of para-hydroxylation sites is 2. The summed E-state index contributed by atoms with van der Waals surface area (Å²) in [5.41, 5.74) is 5.73. The first-order valence-corrected chi connectivity index (χ1v) is 7.40. The van der Waals surface area contributed by atoms with E-state index in [1.54, 1.807) is 0 Å². The lowest BCUT2D eigenvalue weighted by Gasteiger charge is -2.37. The van der Waals surface area contributed by atoms with Gasteiger partial charge < -0.3 is 14.9 Å². The normalized spacial score (nSPS) is 14.2. The molecule has 1 aliphatic heterocycles. The van der Waals surface area contributed by atoms with Gasteiger partial charge in [-0.15, -0.1) is 0 Å². The molecule has 0 atom stereocenters. The number of rotatable bonds is 2. The molecule has 1 aliphatic rings. The standard InChI is InChI=1S/C18H22N2O/c1-13-10-15(11-14(2)18(13)21)12-20-9-8-19(3)16-6-4-5-7-17(16)20/h4-7,10-11,21H,8-9,12H2,1-3H3. The van der Waals surface area contributed by atoms with Crippen molar-refractivity contribution < 1.29 is 5.11 Å². The van der Waals surface area contributed by atoms with Crippen LogP contribution in [0.2, 0.25) is 0 Å². The first-order valence-electron chi connectivity index (χ1n) is 7.40. The van der Waals surface area contributed by atoms with Gasteiger partial charge in [0.1, 0.15) is 5.75 Å². The highest BCUT2D eigenvalue weighted by atomic mass is 16.3. The van der Waals surface area contributed by atoms with Gasteiger partial charge in [-0.05, 0) is 42.7 Å². The third-order valence-electron chi connectivity index (χ3n) is 4.26. The van der Waals surface area contributed by atoms with Crippen molar-refractivity contribution in [2.75, 3.05) is 29.9 Å². The maximum atomic E-state index is 9.91. The van der Waals surface area contributed by atoms with Crippen LogP contribution in [0.1, 0.15) is 16.7 Å². The number of anilines is 2. The maximum Gasteiger partial charge on any atom is 0.121 e. The molecule has 0 radical (unpaired) electrons. The molecule has 2 aromatic rings. The molecule has 0 aliphatic carbocycles. The number of hydrogen-bond donors (Lipinski definition) is 1. The highest BCUT2D eigenvalue weighted by Gasteiger charge is 2.20. The second-order valence-corrected chi connectivity index (χ2v) is 5.91. The molecule has 0 fully saturated rings. The largest absolute Gasteiger partial charge is 0.507 e. The molecule has 0 amide bonds. The van der Waals surface area contributed by atoms with E-state index in [0.29, 0.717) is 5.75 Å². The van der Waals surface area contributed by atoms with Gasteiger partial charge in [0, 0.05) is 26.7 Å². The van der Waals surface area contributed by atoms with E-state index in [-0.39, 0.29) is 0 Å². The number of phenolic OH excluding ortho intramolecular Hbond substituents is 1. The van der Waals surface area contributed by atoms with Gasteiger partial charge in [0.2, 0.25) is 0 Å². The monoisotopic (exact) mass is 282 g/mol. The van der Waals surface area contributed by atoms with Crippen molar-refractivity contribution in [1.29, 1.82) is 0 Å². The van der Waals surface area contributed by atoms with Crippen LogP contribution in [0.25, 0.3) is 0 Å². The summed E-state index contributed by atoms with van der Waals surface area (Å²) < 4.78 is 0. The zero-order chi connectivity index (χ0) is 15.0. The number of phenols is 1. The van der Waals surface area contributed by atoms with Gasteiger partial charge in [0.15, 0.2) is 0 Å². The Morgan fingerprint density at radius 2 is 1.62 bits per heavy atom. The first-order chi connectivity index (χ1) is 10.1. The average Bonchev–Trinajstić information content (AvgIpc) is 2.48. The molecule has 0 bridgehead atoms. The van der Waals surface area contributed by atoms with E-state index < -0.39 is 0 Å². The van der Waals surface area contributed by atoms with Crippen LogP contribution in [0.5, 0.6) is 5.75 Å². The number of likely N-dealkylation sites (N-methyl/N-ethyl adjacent to an activating group) is 1. The third-order valence-corrected chi connectivity index (χ3v) is 4.26. The van der Waals surface area contributed by atoms with Gasteiger partial charge in [-0.1, -0.05) is 24.3 Å². The fraction of sp³-hybridized carbons (Fsp3) is 0.333. The minimum absolute atomic E-state index is 0.414. The fourth-order valence-corrected chi connectivity index (χ4v) is 3.09. The predicted octanol–water partition coefficient (Wildman–Crippen LogP) is 3.47. The Morgan fingerprint density at radius 1 is 1.00 bits per heavy atom. The van der Waals surface area contributed by atoms with Crippen LogP contribution in [-0.2, 0) is 6.54 Å². The Bertz CT molecular complexity index is 643. The van der Waals surface area contributed by atoms with Gasteiger partial charge >= 0.3 is 0 Å². The van der Waals surface area contributed by atoms with Crippen molar-refractivity contribution >= 4 is 11.4 Å². The number of aryl methyl sites for hydroxylation is 2. The average molecular weight is 282 g/mol. The second kappa shape index (κ2) is 5.32. The molecule has 1 heterocycles. The molecule has 2 aromatic carbocycles. The summed E-state index contributed by atoms with van der Waals surface area (Å²) in [5.74, 6) is 0.414. The van der Waals surface area contributed by atoms with Crippen LogP contribution in [0, 0.1) is 13.8 Å². The SMILES string of the molecule is Cc1cc(CN2CCN(C)c3ccccc32)cc(C)c1O. The van der Waals surface area contributed by atoms with Crippen LogP contribution < -0.4 is 9.80 Å². The van der Waals surface area contributed by atoms with Crippen LogP contribution >= 0.6 is 0 Å². The first kappa shape index (κ1) is 13.8. The number of nitrogens with zero attached hydrogens (tertiary/aromatic N) is 2. The molecule has 0 spiro atoms. The second-order valence-electron chi connectivity index (χ2n) is 5.91. The quantitative estimate of drug-likeness (QED) is 0.913. The number of fused-ring (bicyclic) bond motifs is 1. The van der Waals surface area contributed by atoms with Crippen molar-refractivity contribution in [2.45, 2.75) is 20.4 Å². The summed E-state index contributed by atoms with van der Waals surface area (Å²) in [5, 5.41) is 9.91. The van der Waals surface area contributed by atoms with Crippen LogP contribution in [0.4, 0.5) is 11.4 Å².